The minimum atomic E-state index is -0.364. The highest BCUT2D eigenvalue weighted by molar-refractivity contribution is 5.84. The normalized spacial score (nSPS) is 16.6. The molecule has 1 unspecified atom stereocenters. The number of fused-ring (bicyclic) bond motifs is 2. The third-order valence-electron chi connectivity index (χ3n) is 7.34. The Bertz CT molecular complexity index is 1140. The molecule has 4 rings (SSSR count). The van der Waals surface area contributed by atoms with Crippen molar-refractivity contribution in [1.29, 1.82) is 0 Å². The largest absolute Gasteiger partial charge is 0.493 e. The lowest BCUT2D eigenvalue weighted by Gasteiger charge is -2.41. The van der Waals surface area contributed by atoms with Crippen LogP contribution in [-0.4, -0.2) is 49.3 Å². The molecule has 0 fully saturated rings. The number of nitrogens with one attached hydrogen (secondary N) is 1. The van der Waals surface area contributed by atoms with Crippen LogP contribution >= 0.6 is 0 Å². The van der Waals surface area contributed by atoms with Crippen molar-refractivity contribution in [3.05, 3.63) is 59.3 Å². The summed E-state index contributed by atoms with van der Waals surface area (Å²) in [6.45, 7) is 2.91. The molecule has 2 heterocycles. The van der Waals surface area contributed by atoms with Gasteiger partial charge in [0.05, 0.1) is 21.3 Å². The van der Waals surface area contributed by atoms with Crippen LogP contribution in [0.25, 0.3) is 10.9 Å². The Morgan fingerprint density at radius 2 is 1.80 bits per heavy atom. The Morgan fingerprint density at radius 3 is 2.51 bits per heavy atom. The van der Waals surface area contributed by atoms with Gasteiger partial charge in [0, 0.05) is 36.1 Å². The maximum atomic E-state index is 13.2. The molecule has 1 aliphatic rings. The number of ether oxygens (including phenoxy) is 3. The third-order valence-corrected chi connectivity index (χ3v) is 7.34. The van der Waals surface area contributed by atoms with E-state index in [1.54, 1.807) is 14.2 Å². The van der Waals surface area contributed by atoms with Crippen LogP contribution in [0.2, 0.25) is 0 Å². The molecule has 2 atom stereocenters. The first-order valence-corrected chi connectivity index (χ1v) is 12.7. The SMILES string of the molecule is CCCCCCC1Cc2cc(OC)c(OC)cc2CN1[C@@H](Cc1c[nH]c2ccccc12)C(=O)OC. The van der Waals surface area contributed by atoms with Crippen molar-refractivity contribution in [2.75, 3.05) is 21.3 Å². The molecule has 6 nitrogen and oxygen atoms in total. The van der Waals surface area contributed by atoms with Gasteiger partial charge in [0.25, 0.3) is 0 Å². The lowest BCUT2D eigenvalue weighted by atomic mass is 9.88. The molecule has 1 aliphatic heterocycles. The lowest BCUT2D eigenvalue weighted by molar-refractivity contribution is -0.148. The van der Waals surface area contributed by atoms with Gasteiger partial charge in [-0.15, -0.1) is 0 Å². The molecule has 2 aromatic carbocycles. The van der Waals surface area contributed by atoms with E-state index in [0.717, 1.165) is 47.2 Å². The fourth-order valence-corrected chi connectivity index (χ4v) is 5.42. The van der Waals surface area contributed by atoms with Crippen LogP contribution in [0.15, 0.2) is 42.6 Å². The average Bonchev–Trinajstić information content (AvgIpc) is 3.30. The highest BCUT2D eigenvalue weighted by Crippen LogP contribution is 2.37. The van der Waals surface area contributed by atoms with E-state index in [4.69, 9.17) is 14.2 Å². The predicted molar refractivity (Wildman–Crippen MR) is 139 cm³/mol. The molecular formula is C29H38N2O4. The number of unbranched alkanes of at least 4 members (excludes halogenated alkanes) is 3. The van der Waals surface area contributed by atoms with Crippen molar-refractivity contribution < 1.29 is 19.0 Å². The zero-order valence-corrected chi connectivity index (χ0v) is 21.4. The molecule has 6 heteroatoms. The van der Waals surface area contributed by atoms with Crippen LogP contribution in [0.5, 0.6) is 11.5 Å². The summed E-state index contributed by atoms with van der Waals surface area (Å²) in [6, 6.07) is 12.3. The van der Waals surface area contributed by atoms with E-state index in [2.05, 4.69) is 41.1 Å². The number of H-pyrrole nitrogens is 1. The first-order valence-electron chi connectivity index (χ1n) is 12.7. The third kappa shape index (κ3) is 5.48. The number of esters is 1. The topological polar surface area (TPSA) is 63.8 Å². The second-order valence-electron chi connectivity index (χ2n) is 9.46. The molecule has 0 spiro atoms. The number of benzene rings is 2. The minimum Gasteiger partial charge on any atom is -0.493 e. The number of nitrogens with zero attached hydrogens (tertiary/aromatic N) is 1. The van der Waals surface area contributed by atoms with E-state index < -0.39 is 0 Å². The smallest absolute Gasteiger partial charge is 0.323 e. The number of carbonyl (C=O) groups is 1. The van der Waals surface area contributed by atoms with E-state index in [0.29, 0.717) is 13.0 Å². The Kier molecular flexibility index (Phi) is 8.34. The van der Waals surface area contributed by atoms with Gasteiger partial charge in [0.15, 0.2) is 11.5 Å². The monoisotopic (exact) mass is 478 g/mol. The summed E-state index contributed by atoms with van der Waals surface area (Å²) >= 11 is 0. The van der Waals surface area contributed by atoms with Crippen molar-refractivity contribution in [3.8, 4) is 11.5 Å². The number of rotatable bonds is 11. The standard InChI is InChI=1S/C29H38N2O4/c1-5-6-7-8-11-23-14-20-16-27(33-2)28(34-3)17-22(20)19-31(23)26(29(32)35-4)15-21-18-30-25-13-10-9-12-24(21)25/h9-10,12-13,16-18,23,26,30H,5-8,11,14-15,19H2,1-4H3/t23?,26-/m0/s1. The number of para-hydroxylation sites is 1. The van der Waals surface area contributed by atoms with Gasteiger partial charge in [-0.2, -0.15) is 0 Å². The Balaban J connectivity index is 1.68. The first kappa shape index (κ1) is 25.1. The van der Waals surface area contributed by atoms with E-state index in [9.17, 15) is 4.79 Å². The number of aromatic amines is 1. The molecule has 1 N–H and O–H groups in total. The highest BCUT2D eigenvalue weighted by Gasteiger charge is 2.36. The maximum absolute atomic E-state index is 13.2. The number of hydrogen-bond donors (Lipinski definition) is 1. The Hall–Kier alpha value is -2.99. The number of aromatic nitrogens is 1. The summed E-state index contributed by atoms with van der Waals surface area (Å²) in [5.74, 6) is 1.30. The van der Waals surface area contributed by atoms with Crippen LogP contribution < -0.4 is 9.47 Å². The van der Waals surface area contributed by atoms with E-state index in [-0.39, 0.29) is 18.1 Å². The van der Waals surface area contributed by atoms with E-state index in [1.807, 2.05) is 18.3 Å². The summed E-state index contributed by atoms with van der Waals surface area (Å²) in [5.41, 5.74) is 4.68. The summed E-state index contributed by atoms with van der Waals surface area (Å²) < 4.78 is 16.5. The van der Waals surface area contributed by atoms with Crippen LogP contribution in [0, 0.1) is 0 Å². The molecule has 0 saturated heterocycles. The molecule has 0 saturated carbocycles. The number of carbonyl (C=O) groups excluding carboxylic acids is 1. The van der Waals surface area contributed by atoms with Crippen molar-refractivity contribution in [1.82, 2.24) is 9.88 Å². The van der Waals surface area contributed by atoms with Crippen molar-refractivity contribution in [2.24, 2.45) is 0 Å². The average molecular weight is 479 g/mol. The molecule has 0 aliphatic carbocycles. The summed E-state index contributed by atoms with van der Waals surface area (Å²) in [6.07, 6.45) is 9.37. The van der Waals surface area contributed by atoms with Crippen molar-refractivity contribution in [3.63, 3.8) is 0 Å². The molecular weight excluding hydrogens is 440 g/mol. The summed E-state index contributed by atoms with van der Waals surface area (Å²) in [7, 11) is 4.83. The second-order valence-corrected chi connectivity index (χ2v) is 9.46. The molecule has 0 bridgehead atoms. The minimum absolute atomic E-state index is 0.183. The van der Waals surface area contributed by atoms with Gasteiger partial charge in [-0.1, -0.05) is 50.8 Å². The van der Waals surface area contributed by atoms with E-state index >= 15 is 0 Å². The van der Waals surface area contributed by atoms with Gasteiger partial charge in [0.2, 0.25) is 0 Å². The molecule has 188 valence electrons. The van der Waals surface area contributed by atoms with Gasteiger partial charge in [-0.3, -0.25) is 9.69 Å². The maximum Gasteiger partial charge on any atom is 0.323 e. The molecule has 0 radical (unpaired) electrons. The first-order chi connectivity index (χ1) is 17.1. The fourth-order valence-electron chi connectivity index (χ4n) is 5.42. The number of methoxy groups -OCH3 is 3. The zero-order chi connectivity index (χ0) is 24.8. The van der Waals surface area contributed by atoms with Gasteiger partial charge < -0.3 is 19.2 Å². The van der Waals surface area contributed by atoms with Crippen molar-refractivity contribution >= 4 is 16.9 Å². The Morgan fingerprint density at radius 1 is 1.06 bits per heavy atom. The fraction of sp³-hybridized carbons (Fsp3) is 0.483. The highest BCUT2D eigenvalue weighted by atomic mass is 16.5. The second kappa shape index (κ2) is 11.6. The molecule has 1 aromatic heterocycles. The zero-order valence-electron chi connectivity index (χ0n) is 21.4. The van der Waals surface area contributed by atoms with Gasteiger partial charge >= 0.3 is 5.97 Å². The summed E-state index contributed by atoms with van der Waals surface area (Å²) in [5, 5.41) is 1.16. The van der Waals surface area contributed by atoms with Crippen LogP contribution in [0.1, 0.15) is 55.7 Å². The van der Waals surface area contributed by atoms with Crippen LogP contribution in [-0.2, 0) is 28.9 Å². The van der Waals surface area contributed by atoms with Crippen molar-refractivity contribution in [2.45, 2.75) is 70.5 Å². The van der Waals surface area contributed by atoms with Gasteiger partial charge in [-0.25, -0.2) is 0 Å². The summed E-state index contributed by atoms with van der Waals surface area (Å²) in [4.78, 5) is 18.9. The molecule has 35 heavy (non-hydrogen) atoms. The predicted octanol–water partition coefficient (Wildman–Crippen LogP) is 5.67. The van der Waals surface area contributed by atoms with Gasteiger partial charge in [-0.05, 0) is 47.7 Å². The number of hydrogen-bond acceptors (Lipinski definition) is 5. The Labute approximate surface area is 208 Å². The van der Waals surface area contributed by atoms with Crippen LogP contribution in [0.4, 0.5) is 0 Å². The van der Waals surface area contributed by atoms with Gasteiger partial charge in [0.1, 0.15) is 6.04 Å². The molecule has 3 aromatic rings. The lowest BCUT2D eigenvalue weighted by Crippen LogP contribution is -2.51. The van der Waals surface area contributed by atoms with Crippen LogP contribution in [0.3, 0.4) is 0 Å². The van der Waals surface area contributed by atoms with E-state index in [1.165, 1.54) is 37.5 Å². The quantitative estimate of drug-likeness (QED) is 0.284. The molecule has 0 amide bonds.